The van der Waals surface area contributed by atoms with Gasteiger partial charge in [0, 0.05) is 13.2 Å². The van der Waals surface area contributed by atoms with Gasteiger partial charge in [-0.2, -0.15) is 0 Å². The molecule has 1 heteroatoms. The molecule has 8 heavy (non-hydrogen) atoms. The number of allylic oxidation sites excluding steroid dienone is 1. The van der Waals surface area contributed by atoms with Crippen LogP contribution >= 0.6 is 0 Å². The molecular formula is C7H13O. The third-order valence-electron chi connectivity index (χ3n) is 0.841. The van der Waals surface area contributed by atoms with E-state index >= 15 is 0 Å². The Morgan fingerprint density at radius 1 is 1.50 bits per heavy atom. The fourth-order valence-corrected chi connectivity index (χ4v) is 0.432. The van der Waals surface area contributed by atoms with E-state index in [0.29, 0.717) is 6.61 Å². The van der Waals surface area contributed by atoms with Crippen molar-refractivity contribution in [3.05, 3.63) is 19.6 Å². The van der Waals surface area contributed by atoms with Gasteiger partial charge in [-0.25, -0.2) is 0 Å². The van der Waals surface area contributed by atoms with Crippen LogP contribution in [0.1, 0.15) is 12.8 Å². The van der Waals surface area contributed by atoms with Gasteiger partial charge in [0.25, 0.3) is 0 Å². The average Bonchev–Trinajstić information content (AvgIpc) is 1.81. The summed E-state index contributed by atoms with van der Waals surface area (Å²) in [7, 11) is 0. The highest BCUT2D eigenvalue weighted by molar-refractivity contribution is 4.64. The van der Waals surface area contributed by atoms with Crippen molar-refractivity contribution in [2.75, 3.05) is 13.2 Å². The molecule has 0 unspecified atom stereocenters. The van der Waals surface area contributed by atoms with Crippen LogP contribution in [0.15, 0.2) is 12.7 Å². The van der Waals surface area contributed by atoms with Crippen LogP contribution in [0.2, 0.25) is 0 Å². The van der Waals surface area contributed by atoms with Gasteiger partial charge in [0.2, 0.25) is 0 Å². The van der Waals surface area contributed by atoms with Crippen molar-refractivity contribution < 1.29 is 4.74 Å². The molecule has 0 rings (SSSR count). The van der Waals surface area contributed by atoms with Crippen LogP contribution < -0.4 is 0 Å². The van der Waals surface area contributed by atoms with E-state index in [0.717, 1.165) is 19.4 Å². The van der Waals surface area contributed by atoms with Crippen molar-refractivity contribution in [1.82, 2.24) is 0 Å². The van der Waals surface area contributed by atoms with Crippen molar-refractivity contribution in [2.24, 2.45) is 0 Å². The second-order valence-electron chi connectivity index (χ2n) is 1.54. The zero-order chi connectivity index (χ0) is 6.24. The molecule has 0 aliphatic rings. The van der Waals surface area contributed by atoms with Gasteiger partial charge in [0.05, 0.1) is 0 Å². The highest BCUT2D eigenvalue weighted by Crippen LogP contribution is 1.88. The molecule has 0 aromatic rings. The maximum atomic E-state index is 4.98. The van der Waals surface area contributed by atoms with Crippen LogP contribution in [0.5, 0.6) is 0 Å². The number of unbranched alkanes of at least 4 members (excludes halogenated alkanes) is 1. The van der Waals surface area contributed by atoms with Crippen molar-refractivity contribution >= 4 is 0 Å². The minimum Gasteiger partial charge on any atom is -0.381 e. The van der Waals surface area contributed by atoms with E-state index in [-0.39, 0.29) is 0 Å². The first-order valence-electron chi connectivity index (χ1n) is 2.89. The summed E-state index contributed by atoms with van der Waals surface area (Å²) in [6, 6.07) is 0. The molecule has 0 spiro atoms. The first-order valence-corrected chi connectivity index (χ1v) is 2.89. The van der Waals surface area contributed by atoms with Crippen molar-refractivity contribution in [1.29, 1.82) is 0 Å². The topological polar surface area (TPSA) is 9.23 Å². The first kappa shape index (κ1) is 7.70. The molecule has 0 aromatic heterocycles. The summed E-state index contributed by atoms with van der Waals surface area (Å²) in [5.41, 5.74) is 0. The summed E-state index contributed by atoms with van der Waals surface area (Å²) in [5, 5.41) is 0. The SMILES string of the molecule is [CH2]COCCCC=C. The fraction of sp³-hybridized carbons (Fsp3) is 0.571. The highest BCUT2D eigenvalue weighted by Gasteiger charge is 1.80. The maximum Gasteiger partial charge on any atom is 0.0468 e. The third kappa shape index (κ3) is 5.70. The smallest absolute Gasteiger partial charge is 0.0468 e. The highest BCUT2D eigenvalue weighted by atomic mass is 16.5. The Morgan fingerprint density at radius 2 is 2.25 bits per heavy atom. The molecular weight excluding hydrogens is 100 g/mol. The second-order valence-corrected chi connectivity index (χ2v) is 1.54. The lowest BCUT2D eigenvalue weighted by atomic mass is 10.3. The van der Waals surface area contributed by atoms with Gasteiger partial charge >= 0.3 is 0 Å². The summed E-state index contributed by atoms with van der Waals surface area (Å²) >= 11 is 0. The standard InChI is InChI=1S/C7H13O/c1-3-5-6-7-8-4-2/h3H,1-2,4-7H2. The Labute approximate surface area is 51.4 Å². The largest absolute Gasteiger partial charge is 0.381 e. The normalized spacial score (nSPS) is 9.12. The van der Waals surface area contributed by atoms with E-state index < -0.39 is 0 Å². The average molecular weight is 113 g/mol. The summed E-state index contributed by atoms with van der Waals surface area (Å²) in [5.74, 6) is 0. The number of rotatable bonds is 5. The molecule has 0 aromatic carbocycles. The van der Waals surface area contributed by atoms with Gasteiger partial charge < -0.3 is 4.74 Å². The summed E-state index contributed by atoms with van der Waals surface area (Å²) in [6.07, 6.45) is 4.01. The molecule has 0 N–H and O–H groups in total. The monoisotopic (exact) mass is 113 g/mol. The van der Waals surface area contributed by atoms with Crippen molar-refractivity contribution in [3.63, 3.8) is 0 Å². The van der Waals surface area contributed by atoms with Gasteiger partial charge in [0.15, 0.2) is 0 Å². The lowest BCUT2D eigenvalue weighted by Crippen LogP contribution is -1.91. The third-order valence-corrected chi connectivity index (χ3v) is 0.841. The van der Waals surface area contributed by atoms with E-state index in [4.69, 9.17) is 4.74 Å². The maximum absolute atomic E-state index is 4.98. The van der Waals surface area contributed by atoms with Crippen molar-refractivity contribution in [2.45, 2.75) is 12.8 Å². The second kappa shape index (κ2) is 6.70. The number of hydrogen-bond donors (Lipinski definition) is 0. The molecule has 0 saturated heterocycles. The van der Waals surface area contributed by atoms with Crippen LogP contribution in [0.25, 0.3) is 0 Å². The first-order chi connectivity index (χ1) is 3.91. The zero-order valence-electron chi connectivity index (χ0n) is 5.23. The van der Waals surface area contributed by atoms with Crippen LogP contribution in [-0.2, 0) is 4.74 Å². The molecule has 0 atom stereocenters. The van der Waals surface area contributed by atoms with Crippen LogP contribution in [0.4, 0.5) is 0 Å². The van der Waals surface area contributed by atoms with Gasteiger partial charge in [0.1, 0.15) is 0 Å². The quantitative estimate of drug-likeness (QED) is 0.390. The van der Waals surface area contributed by atoms with Gasteiger partial charge in [-0.15, -0.1) is 6.58 Å². The van der Waals surface area contributed by atoms with Crippen LogP contribution in [0.3, 0.4) is 0 Å². The lowest BCUT2D eigenvalue weighted by molar-refractivity contribution is 0.159. The molecule has 47 valence electrons. The molecule has 0 aliphatic carbocycles. The van der Waals surface area contributed by atoms with Crippen LogP contribution in [-0.4, -0.2) is 13.2 Å². The Hall–Kier alpha value is -0.300. The van der Waals surface area contributed by atoms with Gasteiger partial charge in [-0.3, -0.25) is 0 Å². The number of ether oxygens (including phenoxy) is 1. The molecule has 0 aliphatic heterocycles. The van der Waals surface area contributed by atoms with Crippen LogP contribution in [0, 0.1) is 6.92 Å². The predicted octanol–water partition coefficient (Wildman–Crippen LogP) is 1.80. The Morgan fingerprint density at radius 3 is 2.75 bits per heavy atom. The van der Waals surface area contributed by atoms with E-state index in [1.807, 2.05) is 6.08 Å². The number of hydrogen-bond acceptors (Lipinski definition) is 1. The Kier molecular flexibility index (Phi) is 6.45. The summed E-state index contributed by atoms with van der Waals surface area (Å²) < 4.78 is 4.98. The molecule has 0 amide bonds. The Balaban J connectivity index is 2.62. The predicted molar refractivity (Wildman–Crippen MR) is 35.6 cm³/mol. The minimum atomic E-state index is 0.580. The summed E-state index contributed by atoms with van der Waals surface area (Å²) in [6.45, 7) is 8.52. The summed E-state index contributed by atoms with van der Waals surface area (Å²) in [4.78, 5) is 0. The molecule has 0 saturated carbocycles. The van der Waals surface area contributed by atoms with Crippen molar-refractivity contribution in [3.8, 4) is 0 Å². The van der Waals surface area contributed by atoms with E-state index in [1.54, 1.807) is 0 Å². The zero-order valence-corrected chi connectivity index (χ0v) is 5.23. The van der Waals surface area contributed by atoms with Gasteiger partial charge in [-0.1, -0.05) is 6.08 Å². The molecule has 1 radical (unpaired) electrons. The molecule has 0 fully saturated rings. The molecule has 0 heterocycles. The van der Waals surface area contributed by atoms with E-state index in [2.05, 4.69) is 13.5 Å². The fourth-order valence-electron chi connectivity index (χ4n) is 0.432. The van der Waals surface area contributed by atoms with Gasteiger partial charge in [-0.05, 0) is 19.8 Å². The van der Waals surface area contributed by atoms with E-state index in [9.17, 15) is 0 Å². The minimum absolute atomic E-state index is 0.580. The Bertz CT molecular complexity index is 50.3. The molecule has 1 nitrogen and oxygen atoms in total. The molecule has 0 bridgehead atoms. The lowest BCUT2D eigenvalue weighted by Gasteiger charge is -1.95. The van der Waals surface area contributed by atoms with E-state index in [1.165, 1.54) is 0 Å².